The Morgan fingerprint density at radius 2 is 1.91 bits per heavy atom. The van der Waals surface area contributed by atoms with Gasteiger partial charge in [-0.15, -0.1) is 0 Å². The van der Waals surface area contributed by atoms with Crippen molar-refractivity contribution in [2.45, 2.75) is 38.5 Å². The predicted octanol–water partition coefficient (Wildman–Crippen LogP) is 2.16. The van der Waals surface area contributed by atoms with Crippen LogP contribution < -0.4 is 5.32 Å². The van der Waals surface area contributed by atoms with E-state index < -0.39 is 24.0 Å². The molecule has 1 aliphatic heterocycles. The third kappa shape index (κ3) is 3.78. The first kappa shape index (κ1) is 16.3. The number of alkyl halides is 3. The number of aryl methyl sites for hydroxylation is 1. The first-order chi connectivity index (χ1) is 10.3. The van der Waals surface area contributed by atoms with E-state index in [1.807, 2.05) is 31.2 Å². The second-order valence-corrected chi connectivity index (χ2v) is 5.36. The summed E-state index contributed by atoms with van der Waals surface area (Å²) in [5.41, 5.74) is 1.93. The van der Waals surface area contributed by atoms with E-state index in [0.29, 0.717) is 11.3 Å². The van der Waals surface area contributed by atoms with E-state index in [0.717, 1.165) is 11.1 Å². The molecule has 0 aromatic heterocycles. The maximum Gasteiger partial charge on any atom is 0.471 e. The largest absolute Gasteiger partial charge is 0.471 e. The number of nitrogens with one attached hydrogen (secondary N) is 1. The number of rotatable bonds is 3. The summed E-state index contributed by atoms with van der Waals surface area (Å²) < 4.78 is 37.5. The quantitative estimate of drug-likeness (QED) is 0.929. The second-order valence-electron chi connectivity index (χ2n) is 5.36. The summed E-state index contributed by atoms with van der Waals surface area (Å²) in [6, 6.07) is 6.40. The molecule has 0 bridgehead atoms. The standard InChI is InChI=1S/C15H17F3N2O2/c1-10-4-6-11(7-5-10)9-19-13(21)12-3-2-8-20(12)14(22)15(16,17)18/h4-7,12H,2-3,8-9H2,1H3,(H,19,21). The SMILES string of the molecule is Cc1ccc(CNC(=O)C2CCCN2C(=O)C(F)(F)F)cc1. The van der Waals surface area contributed by atoms with E-state index in [2.05, 4.69) is 5.32 Å². The van der Waals surface area contributed by atoms with Gasteiger partial charge in [-0.2, -0.15) is 13.2 Å². The first-order valence-electron chi connectivity index (χ1n) is 7.00. The molecular formula is C15H17F3N2O2. The molecule has 1 N–H and O–H groups in total. The smallest absolute Gasteiger partial charge is 0.350 e. The lowest BCUT2D eigenvalue weighted by molar-refractivity contribution is -0.186. The number of carbonyl (C=O) groups is 2. The number of benzene rings is 1. The number of carbonyl (C=O) groups excluding carboxylic acids is 2. The summed E-state index contributed by atoms with van der Waals surface area (Å²) in [6.07, 6.45) is -4.30. The molecule has 1 fully saturated rings. The zero-order valence-electron chi connectivity index (χ0n) is 12.1. The molecule has 4 nitrogen and oxygen atoms in total. The molecule has 0 saturated carbocycles. The van der Waals surface area contributed by atoms with Gasteiger partial charge in [0.1, 0.15) is 6.04 Å². The average molecular weight is 314 g/mol. The summed E-state index contributed by atoms with van der Waals surface area (Å²) >= 11 is 0. The lowest BCUT2D eigenvalue weighted by Gasteiger charge is -2.24. The average Bonchev–Trinajstić information content (AvgIpc) is 2.93. The van der Waals surface area contributed by atoms with Crippen molar-refractivity contribution in [3.63, 3.8) is 0 Å². The van der Waals surface area contributed by atoms with Crippen LogP contribution in [0.15, 0.2) is 24.3 Å². The molecule has 7 heteroatoms. The monoisotopic (exact) mass is 314 g/mol. The van der Waals surface area contributed by atoms with Crippen LogP contribution in [0.4, 0.5) is 13.2 Å². The van der Waals surface area contributed by atoms with Crippen LogP contribution in [0.3, 0.4) is 0 Å². The van der Waals surface area contributed by atoms with Crippen LogP contribution in [0.5, 0.6) is 0 Å². The predicted molar refractivity (Wildman–Crippen MR) is 73.8 cm³/mol. The van der Waals surface area contributed by atoms with Crippen LogP contribution in [0.1, 0.15) is 24.0 Å². The van der Waals surface area contributed by atoms with Gasteiger partial charge in [0.2, 0.25) is 5.91 Å². The third-order valence-electron chi connectivity index (χ3n) is 3.65. The first-order valence-corrected chi connectivity index (χ1v) is 7.00. The highest BCUT2D eigenvalue weighted by Crippen LogP contribution is 2.25. The van der Waals surface area contributed by atoms with Crippen LogP contribution in [0, 0.1) is 6.92 Å². The minimum atomic E-state index is -4.94. The number of amides is 2. The maximum atomic E-state index is 12.5. The van der Waals surface area contributed by atoms with Crippen molar-refractivity contribution in [1.29, 1.82) is 0 Å². The van der Waals surface area contributed by atoms with Crippen LogP contribution in [0.2, 0.25) is 0 Å². The molecule has 1 aromatic rings. The fraction of sp³-hybridized carbons (Fsp3) is 0.467. The highest BCUT2D eigenvalue weighted by molar-refractivity contribution is 5.90. The van der Waals surface area contributed by atoms with Crippen molar-refractivity contribution >= 4 is 11.8 Å². The van der Waals surface area contributed by atoms with E-state index >= 15 is 0 Å². The molecule has 2 rings (SSSR count). The molecule has 1 unspecified atom stereocenters. The summed E-state index contributed by atoms with van der Waals surface area (Å²) in [6.45, 7) is 2.12. The fourth-order valence-corrected chi connectivity index (χ4v) is 2.46. The van der Waals surface area contributed by atoms with E-state index in [1.165, 1.54) is 0 Å². The summed E-state index contributed by atoms with van der Waals surface area (Å²) in [4.78, 5) is 24.0. The van der Waals surface area contributed by atoms with Crippen molar-refractivity contribution in [2.24, 2.45) is 0 Å². The number of halogens is 3. The topological polar surface area (TPSA) is 49.4 Å². The van der Waals surface area contributed by atoms with Gasteiger partial charge in [-0.25, -0.2) is 0 Å². The molecule has 2 amide bonds. The highest BCUT2D eigenvalue weighted by atomic mass is 19.4. The summed E-state index contributed by atoms with van der Waals surface area (Å²) in [5.74, 6) is -2.49. The molecule has 22 heavy (non-hydrogen) atoms. The Bertz CT molecular complexity index is 555. The molecule has 0 spiro atoms. The van der Waals surface area contributed by atoms with E-state index in [9.17, 15) is 22.8 Å². The van der Waals surface area contributed by atoms with E-state index in [4.69, 9.17) is 0 Å². The number of likely N-dealkylation sites (tertiary alicyclic amines) is 1. The zero-order valence-corrected chi connectivity index (χ0v) is 12.1. The number of hydrogen-bond donors (Lipinski definition) is 1. The van der Waals surface area contributed by atoms with Crippen LogP contribution in [-0.4, -0.2) is 35.5 Å². The molecule has 1 aliphatic rings. The Morgan fingerprint density at radius 1 is 1.27 bits per heavy atom. The van der Waals surface area contributed by atoms with Crippen LogP contribution in [-0.2, 0) is 16.1 Å². The van der Waals surface area contributed by atoms with Crippen molar-refractivity contribution in [1.82, 2.24) is 10.2 Å². The maximum absolute atomic E-state index is 12.5. The molecule has 1 aromatic carbocycles. The van der Waals surface area contributed by atoms with Crippen LogP contribution in [0.25, 0.3) is 0 Å². The number of nitrogens with zero attached hydrogens (tertiary/aromatic N) is 1. The molecule has 1 atom stereocenters. The lowest BCUT2D eigenvalue weighted by atomic mass is 10.1. The molecule has 0 aliphatic carbocycles. The van der Waals surface area contributed by atoms with Gasteiger partial charge in [-0.3, -0.25) is 9.59 Å². The Morgan fingerprint density at radius 3 is 2.50 bits per heavy atom. The van der Waals surface area contributed by atoms with Gasteiger partial charge >= 0.3 is 12.1 Å². The minimum Gasteiger partial charge on any atom is -0.350 e. The van der Waals surface area contributed by atoms with Crippen LogP contribution >= 0.6 is 0 Å². The van der Waals surface area contributed by atoms with Gasteiger partial charge in [-0.05, 0) is 25.3 Å². The molecule has 1 saturated heterocycles. The molecule has 120 valence electrons. The zero-order chi connectivity index (χ0) is 16.3. The van der Waals surface area contributed by atoms with Crippen molar-refractivity contribution in [3.05, 3.63) is 35.4 Å². The Kier molecular flexibility index (Phi) is 4.73. The van der Waals surface area contributed by atoms with Crippen molar-refractivity contribution in [3.8, 4) is 0 Å². The van der Waals surface area contributed by atoms with Gasteiger partial charge in [0.15, 0.2) is 0 Å². The van der Waals surface area contributed by atoms with Gasteiger partial charge in [0.25, 0.3) is 0 Å². The second kappa shape index (κ2) is 6.37. The van der Waals surface area contributed by atoms with Crippen molar-refractivity contribution < 1.29 is 22.8 Å². The Hall–Kier alpha value is -2.05. The summed E-state index contributed by atoms with van der Waals surface area (Å²) in [5, 5.41) is 2.60. The molecular weight excluding hydrogens is 297 g/mol. The van der Waals surface area contributed by atoms with E-state index in [-0.39, 0.29) is 19.5 Å². The Labute approximate surface area is 126 Å². The lowest BCUT2D eigenvalue weighted by Crippen LogP contribution is -2.50. The van der Waals surface area contributed by atoms with Gasteiger partial charge in [0.05, 0.1) is 0 Å². The molecule has 1 heterocycles. The summed E-state index contributed by atoms with van der Waals surface area (Å²) in [7, 11) is 0. The Balaban J connectivity index is 1.96. The highest BCUT2D eigenvalue weighted by Gasteiger charge is 2.47. The van der Waals surface area contributed by atoms with Gasteiger partial charge in [0, 0.05) is 13.1 Å². The molecule has 0 radical (unpaired) electrons. The van der Waals surface area contributed by atoms with Crippen molar-refractivity contribution in [2.75, 3.05) is 6.54 Å². The normalized spacial score (nSPS) is 18.4. The number of hydrogen-bond acceptors (Lipinski definition) is 2. The van der Waals surface area contributed by atoms with Gasteiger partial charge in [-0.1, -0.05) is 29.8 Å². The minimum absolute atomic E-state index is 0.0407. The third-order valence-corrected chi connectivity index (χ3v) is 3.65. The van der Waals surface area contributed by atoms with E-state index in [1.54, 1.807) is 0 Å². The fourth-order valence-electron chi connectivity index (χ4n) is 2.46. The van der Waals surface area contributed by atoms with Gasteiger partial charge < -0.3 is 10.2 Å².